The van der Waals surface area contributed by atoms with E-state index >= 15 is 0 Å². The Kier molecular flexibility index (Phi) is 4.48. The molecule has 0 unspecified atom stereocenters. The number of carbonyl (C=O) groups excluding carboxylic acids is 1. The van der Waals surface area contributed by atoms with Gasteiger partial charge >= 0.3 is 6.09 Å². The zero-order valence-electron chi connectivity index (χ0n) is 9.61. The van der Waals surface area contributed by atoms with Gasteiger partial charge in [0.2, 0.25) is 5.13 Å². The second-order valence-electron chi connectivity index (χ2n) is 4.10. The average Bonchev–Trinajstić information content (AvgIpc) is 2.62. The van der Waals surface area contributed by atoms with Gasteiger partial charge in [-0.1, -0.05) is 11.3 Å². The fourth-order valence-electron chi connectivity index (χ4n) is 0.898. The number of amides is 1. The molecule has 0 aliphatic carbocycles. The quantitative estimate of drug-likeness (QED) is 0.784. The third-order valence-corrected chi connectivity index (χ3v) is 2.08. The van der Waals surface area contributed by atoms with E-state index in [9.17, 15) is 4.79 Å². The number of nitrogens with one attached hydrogen (secondary N) is 2. The van der Waals surface area contributed by atoms with Crippen LogP contribution in [0.5, 0.6) is 0 Å². The van der Waals surface area contributed by atoms with Crippen LogP contribution in [0, 0.1) is 0 Å². The van der Waals surface area contributed by atoms with E-state index in [4.69, 9.17) is 4.74 Å². The number of anilines is 1. The maximum Gasteiger partial charge on any atom is 0.407 e. The van der Waals surface area contributed by atoms with E-state index in [1.165, 1.54) is 11.3 Å². The molecule has 0 aliphatic heterocycles. The number of alkyl carbamates (subject to hydrolysis) is 1. The van der Waals surface area contributed by atoms with Gasteiger partial charge in [0.25, 0.3) is 0 Å². The number of ether oxygens (including phenoxy) is 1. The van der Waals surface area contributed by atoms with E-state index < -0.39 is 11.7 Å². The molecule has 0 spiro atoms. The van der Waals surface area contributed by atoms with E-state index in [2.05, 4.69) is 20.8 Å². The molecule has 1 aromatic heterocycles. The Morgan fingerprint density at radius 3 is 2.81 bits per heavy atom. The van der Waals surface area contributed by atoms with Crippen LogP contribution >= 0.6 is 11.3 Å². The van der Waals surface area contributed by atoms with Crippen molar-refractivity contribution in [2.24, 2.45) is 0 Å². The summed E-state index contributed by atoms with van der Waals surface area (Å²) in [6.45, 7) is 6.55. The number of aromatic nitrogens is 2. The van der Waals surface area contributed by atoms with E-state index in [0.717, 1.165) is 5.13 Å². The summed E-state index contributed by atoms with van der Waals surface area (Å²) in [5, 5.41) is 13.9. The number of hydrogen-bond donors (Lipinski definition) is 2. The van der Waals surface area contributed by atoms with Gasteiger partial charge in [-0.2, -0.15) is 0 Å². The summed E-state index contributed by atoms with van der Waals surface area (Å²) in [4.78, 5) is 11.2. The molecule has 0 fully saturated rings. The van der Waals surface area contributed by atoms with Gasteiger partial charge in [-0.25, -0.2) is 4.79 Å². The van der Waals surface area contributed by atoms with Crippen molar-refractivity contribution >= 4 is 22.6 Å². The van der Waals surface area contributed by atoms with E-state index in [0.29, 0.717) is 13.1 Å². The number of nitrogens with zero attached hydrogens (tertiary/aromatic N) is 2. The first-order valence-corrected chi connectivity index (χ1v) is 5.82. The molecule has 0 radical (unpaired) electrons. The molecule has 1 amide bonds. The zero-order chi connectivity index (χ0) is 12.0. The summed E-state index contributed by atoms with van der Waals surface area (Å²) in [7, 11) is 0. The standard InChI is InChI=1S/C9H16N4O2S/c1-9(2,3)15-8(14)11-5-4-10-7-13-12-6-16-7/h6H,4-5H2,1-3H3,(H,10,13)(H,11,14). The van der Waals surface area contributed by atoms with E-state index in [1.807, 2.05) is 20.8 Å². The monoisotopic (exact) mass is 244 g/mol. The van der Waals surface area contributed by atoms with Crippen LogP contribution in [0.1, 0.15) is 20.8 Å². The Bertz CT molecular complexity index is 321. The van der Waals surface area contributed by atoms with Crippen molar-refractivity contribution in [3.05, 3.63) is 5.51 Å². The molecule has 0 atom stereocenters. The fraction of sp³-hybridized carbons (Fsp3) is 0.667. The summed E-state index contributed by atoms with van der Waals surface area (Å²) in [5.74, 6) is 0. The Morgan fingerprint density at radius 1 is 1.50 bits per heavy atom. The van der Waals surface area contributed by atoms with Crippen LogP contribution in [0.4, 0.5) is 9.93 Å². The van der Waals surface area contributed by atoms with Crippen LogP contribution in [0.2, 0.25) is 0 Å². The highest BCUT2D eigenvalue weighted by Crippen LogP contribution is 2.07. The first-order chi connectivity index (χ1) is 7.47. The largest absolute Gasteiger partial charge is 0.444 e. The Morgan fingerprint density at radius 2 is 2.25 bits per heavy atom. The lowest BCUT2D eigenvalue weighted by Crippen LogP contribution is -2.34. The molecular weight excluding hydrogens is 228 g/mol. The third kappa shape index (κ3) is 5.50. The van der Waals surface area contributed by atoms with Crippen LogP contribution < -0.4 is 10.6 Å². The van der Waals surface area contributed by atoms with Gasteiger partial charge in [-0.15, -0.1) is 10.2 Å². The Labute approximate surface area is 98.4 Å². The smallest absolute Gasteiger partial charge is 0.407 e. The molecule has 1 rings (SSSR count). The van der Waals surface area contributed by atoms with Gasteiger partial charge < -0.3 is 15.4 Å². The summed E-state index contributed by atoms with van der Waals surface area (Å²) in [5.41, 5.74) is 1.18. The second-order valence-corrected chi connectivity index (χ2v) is 4.93. The van der Waals surface area contributed by atoms with Crippen LogP contribution in [0.3, 0.4) is 0 Å². The SMILES string of the molecule is CC(C)(C)OC(=O)NCCNc1nncs1. The Hall–Kier alpha value is -1.37. The summed E-state index contributed by atoms with van der Waals surface area (Å²) in [6, 6.07) is 0. The topological polar surface area (TPSA) is 76.1 Å². The van der Waals surface area contributed by atoms with Gasteiger partial charge in [0, 0.05) is 13.1 Å². The molecule has 90 valence electrons. The predicted octanol–water partition coefficient (Wildman–Crippen LogP) is 1.47. The van der Waals surface area contributed by atoms with Crippen molar-refractivity contribution in [3.8, 4) is 0 Å². The summed E-state index contributed by atoms with van der Waals surface area (Å²) >= 11 is 1.41. The summed E-state index contributed by atoms with van der Waals surface area (Å²) < 4.78 is 5.07. The van der Waals surface area contributed by atoms with Crippen molar-refractivity contribution in [2.75, 3.05) is 18.4 Å². The van der Waals surface area contributed by atoms with Crippen molar-refractivity contribution in [1.82, 2.24) is 15.5 Å². The zero-order valence-corrected chi connectivity index (χ0v) is 10.4. The van der Waals surface area contributed by atoms with Crippen molar-refractivity contribution in [1.29, 1.82) is 0 Å². The number of carbonyl (C=O) groups is 1. The van der Waals surface area contributed by atoms with Crippen molar-refractivity contribution in [2.45, 2.75) is 26.4 Å². The van der Waals surface area contributed by atoms with Crippen LogP contribution in [0.15, 0.2) is 5.51 Å². The maximum atomic E-state index is 11.2. The fourth-order valence-corrected chi connectivity index (χ4v) is 1.37. The lowest BCUT2D eigenvalue weighted by atomic mass is 10.2. The molecule has 7 heteroatoms. The van der Waals surface area contributed by atoms with Crippen LogP contribution in [0.25, 0.3) is 0 Å². The molecule has 0 aliphatic rings. The number of hydrogen-bond acceptors (Lipinski definition) is 6. The van der Waals surface area contributed by atoms with Gasteiger partial charge in [0.05, 0.1) is 0 Å². The van der Waals surface area contributed by atoms with Gasteiger partial charge in [-0.3, -0.25) is 0 Å². The van der Waals surface area contributed by atoms with Crippen LogP contribution in [-0.4, -0.2) is 35.0 Å². The maximum absolute atomic E-state index is 11.2. The highest BCUT2D eigenvalue weighted by Gasteiger charge is 2.15. The van der Waals surface area contributed by atoms with E-state index in [1.54, 1.807) is 5.51 Å². The summed E-state index contributed by atoms with van der Waals surface area (Å²) in [6.07, 6.45) is -0.411. The third-order valence-electron chi connectivity index (χ3n) is 1.43. The molecule has 0 aromatic carbocycles. The van der Waals surface area contributed by atoms with Crippen molar-refractivity contribution in [3.63, 3.8) is 0 Å². The number of rotatable bonds is 4. The molecular formula is C9H16N4O2S. The van der Waals surface area contributed by atoms with Gasteiger partial charge in [0.15, 0.2) is 0 Å². The van der Waals surface area contributed by atoms with E-state index in [-0.39, 0.29) is 0 Å². The first-order valence-electron chi connectivity index (χ1n) is 4.94. The lowest BCUT2D eigenvalue weighted by Gasteiger charge is -2.19. The minimum atomic E-state index is -0.462. The molecule has 0 saturated carbocycles. The molecule has 1 heterocycles. The molecule has 2 N–H and O–H groups in total. The van der Waals surface area contributed by atoms with Crippen LogP contribution in [-0.2, 0) is 4.74 Å². The lowest BCUT2D eigenvalue weighted by molar-refractivity contribution is 0.0530. The van der Waals surface area contributed by atoms with Gasteiger partial charge in [0.1, 0.15) is 11.1 Å². The minimum absolute atomic E-state index is 0.411. The predicted molar refractivity (Wildman–Crippen MR) is 62.6 cm³/mol. The second kappa shape index (κ2) is 5.64. The molecule has 6 nitrogen and oxygen atoms in total. The molecule has 1 aromatic rings. The average molecular weight is 244 g/mol. The first kappa shape index (κ1) is 12.7. The molecule has 0 bridgehead atoms. The van der Waals surface area contributed by atoms with Crippen molar-refractivity contribution < 1.29 is 9.53 Å². The minimum Gasteiger partial charge on any atom is -0.444 e. The molecule has 0 saturated heterocycles. The Balaban J connectivity index is 2.09. The van der Waals surface area contributed by atoms with Gasteiger partial charge in [-0.05, 0) is 20.8 Å². The normalized spacial score (nSPS) is 10.9. The highest BCUT2D eigenvalue weighted by atomic mass is 32.1. The highest BCUT2D eigenvalue weighted by molar-refractivity contribution is 7.13. The molecule has 16 heavy (non-hydrogen) atoms.